The number of benzene rings is 2. The molecule has 1 amide bonds. The Kier molecular flexibility index (Phi) is 5.79. The highest BCUT2D eigenvalue weighted by Gasteiger charge is 2.20. The van der Waals surface area contributed by atoms with Crippen LogP contribution in [0.1, 0.15) is 10.4 Å². The fraction of sp³-hybridized carbons (Fsp3) is 0. The van der Waals surface area contributed by atoms with E-state index in [9.17, 15) is 18.0 Å². The van der Waals surface area contributed by atoms with E-state index in [1.807, 2.05) is 0 Å². The summed E-state index contributed by atoms with van der Waals surface area (Å²) in [5.41, 5.74) is 0.807. The number of hydrogen-bond donors (Lipinski definition) is 2. The zero-order chi connectivity index (χ0) is 24.6. The highest BCUT2D eigenvalue weighted by atomic mass is 79.9. The molecule has 174 valence electrons. The predicted molar refractivity (Wildman–Crippen MR) is 135 cm³/mol. The number of rotatable bonds is 5. The van der Waals surface area contributed by atoms with Crippen molar-refractivity contribution in [2.24, 2.45) is 0 Å². The molecule has 2 aromatic carbocycles. The highest BCUT2D eigenvalue weighted by Crippen LogP contribution is 2.29. The van der Waals surface area contributed by atoms with Crippen LogP contribution in [0.2, 0.25) is 0 Å². The number of amides is 1. The van der Waals surface area contributed by atoms with Gasteiger partial charge >= 0.3 is 5.63 Å². The van der Waals surface area contributed by atoms with Crippen LogP contribution in [0, 0.1) is 0 Å². The number of halogens is 1. The van der Waals surface area contributed by atoms with Crippen LogP contribution in [0.3, 0.4) is 0 Å². The van der Waals surface area contributed by atoms with Gasteiger partial charge in [0.1, 0.15) is 0 Å². The molecule has 35 heavy (non-hydrogen) atoms. The minimum absolute atomic E-state index is 0.132. The molecule has 0 spiro atoms. The molecule has 3 heterocycles. The standard InChI is InChI=1S/C24H15BrN4O5S/c25-15-11-19-17(5-2-9-26-19)20(12-15)29-35(32,33)21-13-16(8-10-27-21)28-24(31)18-4-1-3-14-6-7-22(30)34-23(14)18/h1-13,29H,(H,27,28,31). The second-order valence-electron chi connectivity index (χ2n) is 7.44. The summed E-state index contributed by atoms with van der Waals surface area (Å²) in [5.74, 6) is -0.573. The molecule has 11 heteroatoms. The van der Waals surface area contributed by atoms with Crippen molar-refractivity contribution in [1.29, 1.82) is 0 Å². The van der Waals surface area contributed by atoms with E-state index in [0.29, 0.717) is 26.4 Å². The van der Waals surface area contributed by atoms with Gasteiger partial charge in [-0.1, -0.05) is 28.1 Å². The van der Waals surface area contributed by atoms with Crippen molar-refractivity contribution in [3.63, 3.8) is 0 Å². The van der Waals surface area contributed by atoms with Crippen LogP contribution in [0.4, 0.5) is 11.4 Å². The van der Waals surface area contributed by atoms with Crippen molar-refractivity contribution >= 4 is 65.1 Å². The summed E-state index contributed by atoms with van der Waals surface area (Å²) in [6.07, 6.45) is 2.88. The Hall–Kier alpha value is -4.09. The number of fused-ring (bicyclic) bond motifs is 2. The fourth-order valence-corrected chi connectivity index (χ4v) is 5.02. The van der Waals surface area contributed by atoms with Crippen LogP contribution in [0.25, 0.3) is 21.9 Å². The van der Waals surface area contributed by atoms with E-state index < -0.39 is 21.6 Å². The number of pyridine rings is 2. The number of aromatic nitrogens is 2. The van der Waals surface area contributed by atoms with Crippen LogP contribution in [0.5, 0.6) is 0 Å². The summed E-state index contributed by atoms with van der Waals surface area (Å²) < 4.78 is 34.6. The van der Waals surface area contributed by atoms with E-state index in [4.69, 9.17) is 4.42 Å². The van der Waals surface area contributed by atoms with Crippen LogP contribution in [-0.4, -0.2) is 24.3 Å². The second kappa shape index (κ2) is 8.93. The smallest absolute Gasteiger partial charge is 0.336 e. The molecule has 0 unspecified atom stereocenters. The molecule has 0 aliphatic carbocycles. The molecule has 0 saturated carbocycles. The molecular formula is C24H15BrN4O5S. The highest BCUT2D eigenvalue weighted by molar-refractivity contribution is 9.10. The van der Waals surface area contributed by atoms with Crippen molar-refractivity contribution in [1.82, 2.24) is 9.97 Å². The number of nitrogens with zero attached hydrogens (tertiary/aromatic N) is 2. The molecule has 0 saturated heterocycles. The number of carbonyl (C=O) groups excluding carboxylic acids is 1. The van der Waals surface area contributed by atoms with Gasteiger partial charge in [-0.2, -0.15) is 8.42 Å². The Balaban J connectivity index is 1.45. The number of para-hydroxylation sites is 1. The van der Waals surface area contributed by atoms with Gasteiger partial charge < -0.3 is 9.73 Å². The van der Waals surface area contributed by atoms with Gasteiger partial charge in [0.05, 0.1) is 16.8 Å². The Morgan fingerprint density at radius 1 is 0.943 bits per heavy atom. The summed E-state index contributed by atoms with van der Waals surface area (Å²) in [4.78, 5) is 32.8. The summed E-state index contributed by atoms with van der Waals surface area (Å²) >= 11 is 3.36. The van der Waals surface area contributed by atoms with E-state index in [0.717, 1.165) is 0 Å². The van der Waals surface area contributed by atoms with Crippen LogP contribution < -0.4 is 15.7 Å². The molecule has 0 aliphatic rings. The zero-order valence-corrected chi connectivity index (χ0v) is 20.1. The van der Waals surface area contributed by atoms with Gasteiger partial charge in [0.15, 0.2) is 10.6 Å². The van der Waals surface area contributed by atoms with Crippen LogP contribution in [-0.2, 0) is 10.0 Å². The molecule has 2 N–H and O–H groups in total. The average molecular weight is 551 g/mol. The third-order valence-electron chi connectivity index (χ3n) is 5.09. The lowest BCUT2D eigenvalue weighted by molar-refractivity contribution is 0.102. The largest absolute Gasteiger partial charge is 0.422 e. The topological polar surface area (TPSA) is 131 Å². The maximum Gasteiger partial charge on any atom is 0.336 e. The molecule has 0 radical (unpaired) electrons. The van der Waals surface area contributed by atoms with Crippen molar-refractivity contribution in [3.05, 3.63) is 99.6 Å². The van der Waals surface area contributed by atoms with Gasteiger partial charge in [-0.3, -0.25) is 14.5 Å². The molecule has 0 aliphatic heterocycles. The summed E-state index contributed by atoms with van der Waals surface area (Å²) in [6.45, 7) is 0. The minimum Gasteiger partial charge on any atom is -0.422 e. The maximum absolute atomic E-state index is 13.1. The number of carbonyl (C=O) groups is 1. The summed E-state index contributed by atoms with van der Waals surface area (Å²) in [5, 5.41) is 3.53. The normalized spacial score (nSPS) is 11.5. The fourth-order valence-electron chi connectivity index (χ4n) is 3.53. The number of sulfonamides is 1. The van der Waals surface area contributed by atoms with Gasteiger partial charge in [-0.15, -0.1) is 0 Å². The lowest BCUT2D eigenvalue weighted by Gasteiger charge is -2.12. The minimum atomic E-state index is -4.11. The molecule has 0 atom stereocenters. The molecule has 5 aromatic rings. The first-order valence-corrected chi connectivity index (χ1v) is 12.5. The number of hydrogen-bond acceptors (Lipinski definition) is 7. The molecule has 0 bridgehead atoms. The zero-order valence-electron chi connectivity index (χ0n) is 17.7. The molecule has 3 aromatic heterocycles. The van der Waals surface area contributed by atoms with Crippen molar-refractivity contribution in [2.45, 2.75) is 5.03 Å². The molecule has 5 rings (SSSR count). The maximum atomic E-state index is 13.1. The van der Waals surface area contributed by atoms with E-state index in [1.54, 1.807) is 48.7 Å². The monoisotopic (exact) mass is 550 g/mol. The third-order valence-corrected chi connectivity index (χ3v) is 6.81. The first-order chi connectivity index (χ1) is 16.8. The van der Waals surface area contributed by atoms with E-state index in [1.165, 1.54) is 30.5 Å². The predicted octanol–water partition coefficient (Wildman–Crippen LogP) is 4.55. The number of nitrogens with one attached hydrogen (secondary N) is 2. The summed E-state index contributed by atoms with van der Waals surface area (Å²) in [7, 11) is -4.11. The lowest BCUT2D eigenvalue weighted by Crippen LogP contribution is -2.17. The van der Waals surface area contributed by atoms with Gasteiger partial charge in [-0.25, -0.2) is 9.78 Å². The van der Waals surface area contributed by atoms with Gasteiger partial charge in [0.25, 0.3) is 15.9 Å². The third kappa shape index (κ3) is 4.63. The Bertz CT molecular complexity index is 1790. The van der Waals surface area contributed by atoms with Crippen molar-refractivity contribution in [2.75, 3.05) is 10.0 Å². The summed E-state index contributed by atoms with van der Waals surface area (Å²) in [6, 6.07) is 17.2. The second-order valence-corrected chi connectivity index (χ2v) is 9.99. The Labute approximate surface area is 207 Å². The number of anilines is 2. The first kappa shape index (κ1) is 22.7. The van der Waals surface area contributed by atoms with Gasteiger partial charge in [-0.05, 0) is 42.5 Å². The van der Waals surface area contributed by atoms with Crippen molar-refractivity contribution < 1.29 is 17.6 Å². The van der Waals surface area contributed by atoms with Crippen molar-refractivity contribution in [3.8, 4) is 0 Å². The van der Waals surface area contributed by atoms with E-state index in [2.05, 4.69) is 35.9 Å². The Morgan fingerprint density at radius 2 is 1.80 bits per heavy atom. The van der Waals surface area contributed by atoms with Crippen LogP contribution >= 0.6 is 15.9 Å². The quantitative estimate of drug-likeness (QED) is 0.307. The SMILES string of the molecule is O=C(Nc1ccnc(S(=O)(=O)Nc2cc(Br)cc3ncccc23)c1)c1cccc2ccc(=O)oc12. The van der Waals surface area contributed by atoms with E-state index >= 15 is 0 Å². The van der Waals surface area contributed by atoms with E-state index in [-0.39, 0.29) is 21.9 Å². The lowest BCUT2D eigenvalue weighted by atomic mass is 10.1. The van der Waals surface area contributed by atoms with Gasteiger partial charge in [0.2, 0.25) is 0 Å². The molecule has 0 fully saturated rings. The van der Waals surface area contributed by atoms with Crippen LogP contribution in [0.15, 0.2) is 97.8 Å². The average Bonchev–Trinajstić information content (AvgIpc) is 2.83. The van der Waals surface area contributed by atoms with Gasteiger partial charge in [0, 0.05) is 45.5 Å². The first-order valence-electron chi connectivity index (χ1n) is 10.2. The Morgan fingerprint density at radius 3 is 2.66 bits per heavy atom. The molecular weight excluding hydrogens is 536 g/mol. The molecule has 9 nitrogen and oxygen atoms in total.